The van der Waals surface area contributed by atoms with Crippen LogP contribution in [0.15, 0.2) is 10.7 Å². The molecule has 1 heterocycles. The molecule has 1 aromatic heterocycles. The number of hydrogen-bond donors (Lipinski definition) is 0. The number of halogens is 1. The van der Waals surface area contributed by atoms with Crippen LogP contribution >= 0.6 is 15.9 Å². The smallest absolute Gasteiger partial charge is 0.0896 e. The van der Waals surface area contributed by atoms with Gasteiger partial charge < -0.3 is 4.74 Å². The lowest BCUT2D eigenvalue weighted by atomic mass is 10.2. The van der Waals surface area contributed by atoms with Crippen molar-refractivity contribution in [1.29, 1.82) is 0 Å². The molecule has 0 bridgehead atoms. The molecule has 1 aliphatic rings. The molecule has 2 rings (SSSR count). The molecule has 0 spiro atoms. The van der Waals surface area contributed by atoms with E-state index in [1.54, 1.807) is 0 Å². The van der Waals surface area contributed by atoms with Crippen LogP contribution in [-0.2, 0) is 11.3 Å². The van der Waals surface area contributed by atoms with Crippen molar-refractivity contribution in [3.05, 3.63) is 16.4 Å². The quantitative estimate of drug-likeness (QED) is 0.841. The molecular weight excluding hydrogens is 256 g/mol. The van der Waals surface area contributed by atoms with E-state index >= 15 is 0 Å². The topological polar surface area (TPSA) is 27.1 Å². The van der Waals surface area contributed by atoms with Crippen molar-refractivity contribution in [2.75, 3.05) is 6.61 Å². The number of ether oxygens (including phenoxy) is 1. The molecule has 1 fully saturated rings. The van der Waals surface area contributed by atoms with E-state index in [2.05, 4.69) is 25.7 Å². The summed E-state index contributed by atoms with van der Waals surface area (Å²) in [5.74, 6) is 0. The lowest BCUT2D eigenvalue weighted by Crippen LogP contribution is -2.11. The van der Waals surface area contributed by atoms with Gasteiger partial charge in [-0.05, 0) is 35.7 Å². The Hall–Kier alpha value is -0.350. The molecule has 3 nitrogen and oxygen atoms in total. The summed E-state index contributed by atoms with van der Waals surface area (Å²) in [5.41, 5.74) is 1.18. The highest BCUT2D eigenvalue weighted by molar-refractivity contribution is 9.10. The molecule has 4 heteroatoms. The van der Waals surface area contributed by atoms with Gasteiger partial charge >= 0.3 is 0 Å². The van der Waals surface area contributed by atoms with E-state index in [9.17, 15) is 0 Å². The predicted molar refractivity (Wildman–Crippen MR) is 62.8 cm³/mol. The van der Waals surface area contributed by atoms with Gasteiger partial charge in [0.1, 0.15) is 0 Å². The maximum Gasteiger partial charge on any atom is 0.0896 e. The summed E-state index contributed by atoms with van der Waals surface area (Å²) in [6.45, 7) is 3.43. The second-order valence-electron chi connectivity index (χ2n) is 3.96. The van der Waals surface area contributed by atoms with Crippen LogP contribution in [0.5, 0.6) is 0 Å². The highest BCUT2D eigenvalue weighted by Crippen LogP contribution is 2.32. The first kappa shape index (κ1) is 11.1. The molecule has 0 radical (unpaired) electrons. The monoisotopic (exact) mass is 272 g/mol. The third kappa shape index (κ3) is 2.42. The zero-order valence-corrected chi connectivity index (χ0v) is 10.7. The van der Waals surface area contributed by atoms with Crippen LogP contribution in [0.3, 0.4) is 0 Å². The minimum absolute atomic E-state index is 0.590. The Morgan fingerprint density at radius 2 is 2.27 bits per heavy atom. The largest absolute Gasteiger partial charge is 0.375 e. The molecule has 0 aromatic carbocycles. The van der Waals surface area contributed by atoms with Crippen LogP contribution in [0.1, 0.15) is 44.3 Å². The van der Waals surface area contributed by atoms with Gasteiger partial charge in [-0.25, -0.2) is 0 Å². The van der Waals surface area contributed by atoms with Crippen molar-refractivity contribution < 1.29 is 4.74 Å². The Morgan fingerprint density at radius 3 is 2.93 bits per heavy atom. The van der Waals surface area contributed by atoms with Crippen molar-refractivity contribution >= 4 is 15.9 Å². The van der Waals surface area contributed by atoms with E-state index < -0.39 is 0 Å². The SMILES string of the molecule is CCOCc1c(Br)cnn1C1CCCC1. The summed E-state index contributed by atoms with van der Waals surface area (Å²) in [4.78, 5) is 0. The molecular formula is C11H17BrN2O. The molecule has 0 N–H and O–H groups in total. The zero-order valence-electron chi connectivity index (χ0n) is 9.08. The molecule has 1 aromatic rings. The first-order valence-corrected chi connectivity index (χ1v) is 6.42. The second-order valence-corrected chi connectivity index (χ2v) is 4.81. The molecule has 1 aliphatic carbocycles. The molecule has 0 saturated heterocycles. The fourth-order valence-corrected chi connectivity index (χ4v) is 2.55. The summed E-state index contributed by atoms with van der Waals surface area (Å²) in [6.07, 6.45) is 7.06. The standard InChI is InChI=1S/C11H17BrN2O/c1-2-15-8-11-10(12)7-13-14(11)9-5-3-4-6-9/h7,9H,2-6,8H2,1H3. The zero-order chi connectivity index (χ0) is 10.7. The number of hydrogen-bond acceptors (Lipinski definition) is 2. The fraction of sp³-hybridized carbons (Fsp3) is 0.727. The van der Waals surface area contributed by atoms with Crippen LogP contribution in [0.4, 0.5) is 0 Å². The van der Waals surface area contributed by atoms with Gasteiger partial charge in [-0.3, -0.25) is 4.68 Å². The Kier molecular flexibility index (Phi) is 3.81. The molecule has 84 valence electrons. The molecule has 0 amide bonds. The number of nitrogens with zero attached hydrogens (tertiary/aromatic N) is 2. The summed E-state index contributed by atoms with van der Waals surface area (Å²) < 4.78 is 8.69. The highest BCUT2D eigenvalue weighted by Gasteiger charge is 2.21. The van der Waals surface area contributed by atoms with Crippen molar-refractivity contribution in [2.24, 2.45) is 0 Å². The van der Waals surface area contributed by atoms with Gasteiger partial charge in [0.05, 0.1) is 29.0 Å². The van der Waals surface area contributed by atoms with Gasteiger partial charge in [0.2, 0.25) is 0 Å². The maximum absolute atomic E-state index is 5.47. The predicted octanol–water partition coefficient (Wildman–Crippen LogP) is 3.30. The Morgan fingerprint density at radius 1 is 1.53 bits per heavy atom. The highest BCUT2D eigenvalue weighted by atomic mass is 79.9. The normalized spacial score (nSPS) is 17.5. The lowest BCUT2D eigenvalue weighted by Gasteiger charge is -2.14. The van der Waals surface area contributed by atoms with Crippen molar-refractivity contribution in [3.8, 4) is 0 Å². The van der Waals surface area contributed by atoms with Gasteiger partial charge in [-0.15, -0.1) is 0 Å². The van der Waals surface area contributed by atoms with Gasteiger partial charge in [0, 0.05) is 6.61 Å². The van der Waals surface area contributed by atoms with Gasteiger partial charge in [-0.1, -0.05) is 12.8 Å². The van der Waals surface area contributed by atoms with E-state index in [0.29, 0.717) is 12.6 Å². The third-order valence-electron chi connectivity index (χ3n) is 2.96. The van der Waals surface area contributed by atoms with Crippen molar-refractivity contribution in [1.82, 2.24) is 9.78 Å². The first-order chi connectivity index (χ1) is 7.33. The van der Waals surface area contributed by atoms with E-state index in [-0.39, 0.29) is 0 Å². The van der Waals surface area contributed by atoms with Crippen molar-refractivity contribution in [2.45, 2.75) is 45.3 Å². The fourth-order valence-electron chi connectivity index (χ4n) is 2.16. The Bertz CT molecular complexity index is 318. The van der Waals surface area contributed by atoms with Crippen molar-refractivity contribution in [3.63, 3.8) is 0 Å². The Balaban J connectivity index is 2.14. The summed E-state index contributed by atoms with van der Waals surface area (Å²) >= 11 is 3.53. The molecule has 15 heavy (non-hydrogen) atoms. The molecule has 1 saturated carbocycles. The van der Waals surface area contributed by atoms with Crippen LogP contribution in [0.2, 0.25) is 0 Å². The molecule has 0 aliphatic heterocycles. The van der Waals surface area contributed by atoms with Crippen LogP contribution in [0, 0.1) is 0 Å². The Labute approximate surface area is 98.9 Å². The average Bonchev–Trinajstić information content (AvgIpc) is 2.84. The van der Waals surface area contributed by atoms with E-state index in [1.807, 2.05) is 13.1 Å². The van der Waals surface area contributed by atoms with Crippen LogP contribution in [-0.4, -0.2) is 16.4 Å². The van der Waals surface area contributed by atoms with Gasteiger partial charge in [0.25, 0.3) is 0 Å². The maximum atomic E-state index is 5.47. The average molecular weight is 273 g/mol. The van der Waals surface area contributed by atoms with E-state index in [0.717, 1.165) is 11.1 Å². The van der Waals surface area contributed by atoms with E-state index in [1.165, 1.54) is 31.4 Å². The third-order valence-corrected chi connectivity index (χ3v) is 3.62. The summed E-state index contributed by atoms with van der Waals surface area (Å²) in [7, 11) is 0. The minimum atomic E-state index is 0.590. The second kappa shape index (κ2) is 5.12. The van der Waals surface area contributed by atoms with Crippen LogP contribution in [0.25, 0.3) is 0 Å². The summed E-state index contributed by atoms with van der Waals surface area (Å²) in [5, 5.41) is 4.44. The molecule has 0 unspecified atom stereocenters. The van der Waals surface area contributed by atoms with Gasteiger partial charge in [0.15, 0.2) is 0 Å². The van der Waals surface area contributed by atoms with Gasteiger partial charge in [-0.2, -0.15) is 5.10 Å². The minimum Gasteiger partial charge on any atom is -0.375 e. The molecule has 0 atom stereocenters. The number of rotatable bonds is 4. The summed E-state index contributed by atoms with van der Waals surface area (Å²) in [6, 6.07) is 0.590. The van der Waals surface area contributed by atoms with Crippen LogP contribution < -0.4 is 0 Å². The first-order valence-electron chi connectivity index (χ1n) is 5.62. The number of aromatic nitrogens is 2. The lowest BCUT2D eigenvalue weighted by molar-refractivity contribution is 0.125. The van der Waals surface area contributed by atoms with E-state index in [4.69, 9.17) is 4.74 Å².